The van der Waals surface area contributed by atoms with Gasteiger partial charge in [0.25, 0.3) is 0 Å². The normalized spacial score (nSPS) is 13.0. The molecule has 0 saturated heterocycles. The molecule has 0 atom stereocenters. The minimum atomic E-state index is -2.55. The Kier molecular flexibility index (Phi) is 4.34. The van der Waals surface area contributed by atoms with Crippen molar-refractivity contribution < 1.29 is 17.3 Å². The summed E-state index contributed by atoms with van der Waals surface area (Å²) in [5.74, 6) is 0.503. The lowest BCUT2D eigenvalue weighted by Crippen LogP contribution is -1.97. The van der Waals surface area contributed by atoms with E-state index in [1.165, 1.54) is 18.4 Å². The van der Waals surface area contributed by atoms with Crippen molar-refractivity contribution in [1.29, 1.82) is 0 Å². The summed E-state index contributed by atoms with van der Waals surface area (Å²) >= 11 is 1.40. The number of fused-ring (bicyclic) bond motifs is 2. The van der Waals surface area contributed by atoms with Gasteiger partial charge in [-0.1, -0.05) is 0 Å². The molecule has 0 bridgehead atoms. The topological polar surface area (TPSA) is 77.4 Å². The van der Waals surface area contributed by atoms with Crippen LogP contribution in [0.5, 0.6) is 5.75 Å². The number of hydrogen-bond donors (Lipinski definition) is 1. The van der Waals surface area contributed by atoms with E-state index in [1.807, 2.05) is 25.1 Å². The molecule has 0 amide bonds. The zero-order valence-corrected chi connectivity index (χ0v) is 16.8. The van der Waals surface area contributed by atoms with Crippen LogP contribution < -0.4 is 4.74 Å². The molecular weight excluding hydrogens is 374 g/mol. The highest BCUT2D eigenvalue weighted by atomic mass is 32.1. The molecule has 0 saturated carbocycles. The quantitative estimate of drug-likeness (QED) is 0.545. The first-order chi connectivity index (χ1) is 14.2. The largest absolute Gasteiger partial charge is 0.496 e. The molecule has 4 rings (SSSR count). The van der Waals surface area contributed by atoms with Crippen LogP contribution in [-0.4, -0.2) is 34.3 Å². The first kappa shape index (κ1) is 16.4. The van der Waals surface area contributed by atoms with Gasteiger partial charge in [-0.2, -0.15) is 0 Å². The van der Waals surface area contributed by atoms with E-state index in [0.29, 0.717) is 34.0 Å². The Morgan fingerprint density at radius 2 is 1.96 bits per heavy atom. The zero-order valence-electron chi connectivity index (χ0n) is 18.0. The third kappa shape index (κ3) is 3.11. The number of hydrogen-bond acceptors (Lipinski definition) is 7. The Morgan fingerprint density at radius 3 is 2.68 bits per heavy atom. The smallest absolute Gasteiger partial charge is 0.126 e. The molecule has 2 aromatic carbocycles. The van der Waals surface area contributed by atoms with Crippen molar-refractivity contribution in [3.05, 3.63) is 46.8 Å². The van der Waals surface area contributed by atoms with Gasteiger partial charge in [-0.05, 0) is 43.2 Å². The van der Waals surface area contributed by atoms with Crippen molar-refractivity contribution in [2.75, 3.05) is 14.2 Å². The molecule has 2 aromatic heterocycles. The zero-order chi connectivity index (χ0) is 21.6. The minimum Gasteiger partial charge on any atom is -0.496 e. The van der Waals surface area contributed by atoms with Gasteiger partial charge in [-0.25, -0.2) is 9.97 Å². The molecule has 0 unspecified atom stereocenters. The Morgan fingerprint density at radius 1 is 1.14 bits per heavy atom. The number of aryl methyl sites for hydroxylation is 1. The van der Waals surface area contributed by atoms with Crippen LogP contribution in [0.1, 0.15) is 25.1 Å². The molecule has 7 heteroatoms. The molecule has 1 N–H and O–H groups in total. The molecule has 28 heavy (non-hydrogen) atoms. The van der Waals surface area contributed by atoms with E-state index in [2.05, 4.69) is 9.97 Å². The third-order valence-electron chi connectivity index (χ3n) is 4.59. The number of benzene rings is 2. The fourth-order valence-electron chi connectivity index (χ4n) is 3.28. The van der Waals surface area contributed by atoms with E-state index in [1.54, 1.807) is 20.2 Å². The Labute approximate surface area is 169 Å². The Bertz CT molecular complexity index is 1270. The molecule has 144 valence electrons. The maximum absolute atomic E-state index is 10.2. The lowest BCUT2D eigenvalue weighted by Gasteiger charge is -2.09. The number of aliphatic hydroxyl groups is 1. The summed E-state index contributed by atoms with van der Waals surface area (Å²) in [7, 11) is 3.14. The SMILES string of the molecule is [2H]C([2H])(O)c1c(C)c(OC)cc2sc(-c3cc(C)cc4nc(COC)cnc34)nc12. The molecule has 2 heterocycles. The highest BCUT2D eigenvalue weighted by molar-refractivity contribution is 7.21. The van der Waals surface area contributed by atoms with Gasteiger partial charge in [0.05, 0.1) is 56.2 Å². The van der Waals surface area contributed by atoms with Gasteiger partial charge < -0.3 is 14.6 Å². The Hall–Kier alpha value is -2.61. The van der Waals surface area contributed by atoms with Gasteiger partial charge in [0.1, 0.15) is 10.8 Å². The van der Waals surface area contributed by atoms with Crippen LogP contribution in [0.15, 0.2) is 24.4 Å². The average Bonchev–Trinajstić information content (AvgIpc) is 3.08. The van der Waals surface area contributed by atoms with Crippen molar-refractivity contribution >= 4 is 32.6 Å². The highest BCUT2D eigenvalue weighted by Gasteiger charge is 2.18. The van der Waals surface area contributed by atoms with E-state index in [0.717, 1.165) is 27.0 Å². The molecule has 4 aromatic rings. The van der Waals surface area contributed by atoms with Gasteiger partial charge in [-0.15, -0.1) is 11.3 Å². The molecule has 0 aliphatic heterocycles. The molecule has 6 nitrogen and oxygen atoms in total. The predicted molar refractivity (Wildman–Crippen MR) is 111 cm³/mol. The monoisotopic (exact) mass is 397 g/mol. The van der Waals surface area contributed by atoms with Crippen LogP contribution in [0.25, 0.3) is 31.8 Å². The molecule has 0 radical (unpaired) electrons. The lowest BCUT2D eigenvalue weighted by molar-refractivity contribution is 0.181. The number of methoxy groups -OCH3 is 2. The van der Waals surface area contributed by atoms with Crippen molar-refractivity contribution in [3.63, 3.8) is 0 Å². The maximum atomic E-state index is 10.2. The number of ether oxygens (including phenoxy) is 2. The van der Waals surface area contributed by atoms with Gasteiger partial charge in [0.2, 0.25) is 0 Å². The summed E-state index contributed by atoms with van der Waals surface area (Å²) in [5, 5.41) is 10.8. The minimum absolute atomic E-state index is 0.116. The molecular formula is C21H21N3O3S. The standard InChI is InChI=1S/C21H21N3O3S/c1-11-5-14(19-16(6-11)23-13(8-22-19)10-26-3)21-24-20-15(9-25)12(2)17(27-4)7-18(20)28-21/h5-8,25H,9-10H2,1-4H3/i9D2. The van der Waals surface area contributed by atoms with E-state index >= 15 is 0 Å². The van der Waals surface area contributed by atoms with E-state index in [4.69, 9.17) is 17.2 Å². The molecule has 0 spiro atoms. The number of aromatic nitrogens is 3. The van der Waals surface area contributed by atoms with Crippen LogP contribution in [0.3, 0.4) is 0 Å². The first-order valence-electron chi connectivity index (χ1n) is 9.69. The second-order valence-corrected chi connectivity index (χ2v) is 7.56. The predicted octanol–water partition coefficient (Wildman–Crippen LogP) is 4.17. The van der Waals surface area contributed by atoms with Gasteiger partial charge >= 0.3 is 0 Å². The van der Waals surface area contributed by atoms with E-state index in [9.17, 15) is 5.11 Å². The fourth-order valence-corrected chi connectivity index (χ4v) is 4.31. The average molecular weight is 397 g/mol. The summed E-state index contributed by atoms with van der Waals surface area (Å²) in [6.07, 6.45) is 1.68. The van der Waals surface area contributed by atoms with Gasteiger partial charge in [0, 0.05) is 18.2 Å². The van der Waals surface area contributed by atoms with Crippen molar-refractivity contribution in [2.45, 2.75) is 27.0 Å². The summed E-state index contributed by atoms with van der Waals surface area (Å²) in [6, 6.07) is 5.77. The maximum Gasteiger partial charge on any atom is 0.126 e. The number of nitrogens with zero attached hydrogens (tertiary/aromatic N) is 3. The third-order valence-corrected chi connectivity index (χ3v) is 5.63. The summed E-state index contributed by atoms with van der Waals surface area (Å²) < 4.78 is 27.1. The number of rotatable bonds is 5. The van der Waals surface area contributed by atoms with Crippen LogP contribution >= 0.6 is 11.3 Å². The lowest BCUT2D eigenvalue weighted by atomic mass is 10.1. The summed E-state index contributed by atoms with van der Waals surface area (Å²) in [6.45, 7) is 1.52. The number of thiazole rings is 1. The van der Waals surface area contributed by atoms with E-state index < -0.39 is 6.56 Å². The second kappa shape index (κ2) is 7.43. The molecule has 0 fully saturated rings. The second-order valence-electron chi connectivity index (χ2n) is 6.53. The van der Waals surface area contributed by atoms with Gasteiger partial charge in [-0.3, -0.25) is 4.98 Å². The van der Waals surface area contributed by atoms with Crippen molar-refractivity contribution in [1.82, 2.24) is 15.0 Å². The van der Waals surface area contributed by atoms with Crippen molar-refractivity contribution in [3.8, 4) is 16.3 Å². The van der Waals surface area contributed by atoms with Crippen LogP contribution in [0, 0.1) is 13.8 Å². The van der Waals surface area contributed by atoms with Crippen LogP contribution in [-0.2, 0) is 17.9 Å². The molecule has 0 aliphatic carbocycles. The fraction of sp³-hybridized carbons (Fsp3) is 0.286. The van der Waals surface area contributed by atoms with E-state index in [-0.39, 0.29) is 5.56 Å². The van der Waals surface area contributed by atoms with Crippen LogP contribution in [0.4, 0.5) is 0 Å². The summed E-state index contributed by atoms with van der Waals surface area (Å²) in [5.41, 5.74) is 5.05. The highest BCUT2D eigenvalue weighted by Crippen LogP contribution is 2.39. The Balaban J connectivity index is 1.99. The van der Waals surface area contributed by atoms with Crippen molar-refractivity contribution in [2.24, 2.45) is 0 Å². The first-order valence-corrected chi connectivity index (χ1v) is 9.51. The molecule has 0 aliphatic rings. The van der Waals surface area contributed by atoms with Crippen LogP contribution in [0.2, 0.25) is 0 Å². The summed E-state index contributed by atoms with van der Waals surface area (Å²) in [4.78, 5) is 13.9. The van der Waals surface area contributed by atoms with Gasteiger partial charge in [0.15, 0.2) is 0 Å².